The van der Waals surface area contributed by atoms with Crippen LogP contribution in [0, 0.1) is 0 Å². The maximum atomic E-state index is 9.21. The van der Waals surface area contributed by atoms with Crippen molar-refractivity contribution in [1.82, 2.24) is 0 Å². The molecule has 0 amide bonds. The predicted molar refractivity (Wildman–Crippen MR) is 117 cm³/mol. The molecule has 0 bridgehead atoms. The molecule has 3 nitrogen and oxygen atoms in total. The van der Waals surface area contributed by atoms with Crippen LogP contribution in [-0.2, 0) is 5.41 Å². The quantitative estimate of drug-likeness (QED) is 0.387. The van der Waals surface area contributed by atoms with E-state index in [0.717, 1.165) is 32.7 Å². The third kappa shape index (κ3) is 2.07. The van der Waals surface area contributed by atoms with Gasteiger partial charge >= 0.3 is 7.69 Å². The highest BCUT2D eigenvalue weighted by Gasteiger charge is 2.38. The van der Waals surface area contributed by atoms with E-state index in [0.29, 0.717) is 13.4 Å². The summed E-state index contributed by atoms with van der Waals surface area (Å²) in [6, 6.07) is 22.9. The van der Waals surface area contributed by atoms with Gasteiger partial charge in [0.1, 0.15) is 16.9 Å². The van der Waals surface area contributed by atoms with Crippen molar-refractivity contribution in [2.24, 2.45) is 0 Å². The molecule has 1 N–H and O–H groups in total. The Hall–Kier alpha value is -3.24. The second-order valence-corrected chi connectivity index (χ2v) is 8.15. The fourth-order valence-corrected chi connectivity index (χ4v) is 5.07. The zero-order valence-corrected chi connectivity index (χ0v) is 16.2. The van der Waals surface area contributed by atoms with E-state index in [4.69, 9.17) is 9.07 Å². The summed E-state index contributed by atoms with van der Waals surface area (Å²) in [6.45, 7) is 4.52. The lowest BCUT2D eigenvalue weighted by atomic mass is 9.82. The standard InChI is InChI=1S/C25H18BO3/c1-25(2)19-10-6-5-7-14(19)17-11-12-18-22-16-9-4-3-8-15(16)20(29-26-27)13-21(22)28-24(18)23(17)25/h3-13,27H,1-2H3. The maximum absolute atomic E-state index is 9.21. The van der Waals surface area contributed by atoms with Gasteiger partial charge in [0, 0.05) is 33.2 Å². The van der Waals surface area contributed by atoms with Crippen LogP contribution in [0.2, 0.25) is 0 Å². The van der Waals surface area contributed by atoms with Crippen LogP contribution in [0.5, 0.6) is 5.75 Å². The summed E-state index contributed by atoms with van der Waals surface area (Å²) in [5, 5.41) is 13.4. The molecule has 6 rings (SSSR count). The van der Waals surface area contributed by atoms with Gasteiger partial charge in [0.15, 0.2) is 0 Å². The number of benzene rings is 4. The lowest BCUT2D eigenvalue weighted by Gasteiger charge is -2.21. The molecule has 1 aromatic heterocycles. The number of fused-ring (bicyclic) bond motifs is 9. The molecule has 0 unspecified atom stereocenters. The van der Waals surface area contributed by atoms with Crippen molar-refractivity contribution in [2.45, 2.75) is 19.3 Å². The van der Waals surface area contributed by atoms with Crippen molar-refractivity contribution in [3.63, 3.8) is 0 Å². The summed E-state index contributed by atoms with van der Waals surface area (Å²) in [6.07, 6.45) is 0. The first-order valence-electron chi connectivity index (χ1n) is 9.75. The lowest BCUT2D eigenvalue weighted by molar-refractivity contribution is 0.456. The molecular weight excluding hydrogens is 359 g/mol. The van der Waals surface area contributed by atoms with Crippen LogP contribution in [0.15, 0.2) is 71.1 Å². The molecule has 5 aromatic rings. The number of rotatable bonds is 2. The molecule has 0 fully saturated rings. The van der Waals surface area contributed by atoms with Gasteiger partial charge in [-0.15, -0.1) is 0 Å². The van der Waals surface area contributed by atoms with Crippen molar-refractivity contribution in [1.29, 1.82) is 0 Å². The second kappa shape index (κ2) is 5.65. The lowest BCUT2D eigenvalue weighted by Crippen LogP contribution is -2.15. The first-order valence-corrected chi connectivity index (χ1v) is 9.75. The van der Waals surface area contributed by atoms with E-state index in [-0.39, 0.29) is 5.41 Å². The molecule has 0 spiro atoms. The predicted octanol–water partition coefficient (Wildman–Crippen LogP) is 5.95. The van der Waals surface area contributed by atoms with Gasteiger partial charge in [-0.05, 0) is 28.1 Å². The van der Waals surface area contributed by atoms with Gasteiger partial charge in [0.25, 0.3) is 0 Å². The highest BCUT2D eigenvalue weighted by atomic mass is 16.5. The first-order chi connectivity index (χ1) is 14.1. The fourth-order valence-electron chi connectivity index (χ4n) is 5.07. The first kappa shape index (κ1) is 16.7. The summed E-state index contributed by atoms with van der Waals surface area (Å²) >= 11 is 0. The molecule has 0 saturated carbocycles. The molecule has 0 aliphatic heterocycles. The van der Waals surface area contributed by atoms with Crippen LogP contribution >= 0.6 is 0 Å². The van der Waals surface area contributed by atoms with Crippen LogP contribution in [0.1, 0.15) is 25.0 Å². The Labute approximate surface area is 168 Å². The van der Waals surface area contributed by atoms with Crippen LogP contribution in [0.3, 0.4) is 0 Å². The molecule has 1 radical (unpaired) electrons. The molecular formula is C25H18BO3. The van der Waals surface area contributed by atoms with Crippen LogP contribution in [0.4, 0.5) is 0 Å². The Morgan fingerprint density at radius 3 is 2.45 bits per heavy atom. The zero-order valence-electron chi connectivity index (χ0n) is 16.2. The fraction of sp³-hybridized carbons (Fsp3) is 0.120. The Morgan fingerprint density at radius 1 is 0.862 bits per heavy atom. The topological polar surface area (TPSA) is 42.6 Å². The van der Waals surface area contributed by atoms with E-state index in [1.165, 1.54) is 22.3 Å². The summed E-state index contributed by atoms with van der Waals surface area (Å²) < 4.78 is 11.9. The third-order valence-electron chi connectivity index (χ3n) is 6.30. The van der Waals surface area contributed by atoms with Crippen LogP contribution < -0.4 is 4.65 Å². The molecule has 1 aliphatic carbocycles. The van der Waals surface area contributed by atoms with Crippen molar-refractivity contribution in [3.8, 4) is 16.9 Å². The molecule has 1 heterocycles. The number of hydrogen-bond donors (Lipinski definition) is 1. The van der Waals surface area contributed by atoms with Crippen molar-refractivity contribution < 1.29 is 14.1 Å². The van der Waals surface area contributed by atoms with Crippen LogP contribution in [-0.4, -0.2) is 12.7 Å². The van der Waals surface area contributed by atoms with E-state index >= 15 is 0 Å². The normalized spacial score (nSPS) is 14.3. The van der Waals surface area contributed by atoms with E-state index < -0.39 is 0 Å². The van der Waals surface area contributed by atoms with Gasteiger partial charge in [0.05, 0.1) is 0 Å². The molecule has 0 saturated heterocycles. The van der Waals surface area contributed by atoms with Gasteiger partial charge < -0.3 is 14.1 Å². The van der Waals surface area contributed by atoms with Gasteiger partial charge in [-0.1, -0.05) is 68.4 Å². The van der Waals surface area contributed by atoms with Crippen molar-refractivity contribution >= 4 is 40.4 Å². The molecule has 4 aromatic carbocycles. The smallest absolute Gasteiger partial charge is 0.537 e. The molecule has 139 valence electrons. The Kier molecular flexibility index (Phi) is 3.25. The minimum atomic E-state index is -0.146. The molecule has 29 heavy (non-hydrogen) atoms. The van der Waals surface area contributed by atoms with Gasteiger partial charge in [-0.3, -0.25) is 0 Å². The van der Waals surface area contributed by atoms with Gasteiger partial charge in [-0.25, -0.2) is 0 Å². The number of furan rings is 1. The average molecular weight is 377 g/mol. The minimum Gasteiger partial charge on any atom is -0.537 e. The summed E-state index contributed by atoms with van der Waals surface area (Å²) in [7, 11) is 0.716. The largest absolute Gasteiger partial charge is 0.569 e. The number of hydrogen-bond acceptors (Lipinski definition) is 3. The zero-order chi connectivity index (χ0) is 19.8. The maximum Gasteiger partial charge on any atom is 0.569 e. The molecule has 0 atom stereocenters. The van der Waals surface area contributed by atoms with E-state index in [1.54, 1.807) is 0 Å². The summed E-state index contributed by atoms with van der Waals surface area (Å²) in [4.78, 5) is 0. The van der Waals surface area contributed by atoms with Crippen molar-refractivity contribution in [3.05, 3.63) is 77.9 Å². The van der Waals surface area contributed by atoms with E-state index in [9.17, 15) is 5.02 Å². The molecule has 1 aliphatic rings. The SMILES string of the molecule is CC1(C)c2ccccc2-c2ccc3c(oc4cc(O[B]O)c5ccccc5c43)c21. The van der Waals surface area contributed by atoms with Gasteiger partial charge in [0.2, 0.25) is 0 Å². The highest BCUT2D eigenvalue weighted by molar-refractivity contribution is 6.23. The highest BCUT2D eigenvalue weighted by Crippen LogP contribution is 2.53. The minimum absolute atomic E-state index is 0.146. The van der Waals surface area contributed by atoms with Gasteiger partial charge in [-0.2, -0.15) is 0 Å². The average Bonchev–Trinajstić information content (AvgIpc) is 3.21. The monoisotopic (exact) mass is 377 g/mol. The van der Waals surface area contributed by atoms with E-state index in [1.807, 2.05) is 24.3 Å². The Balaban J connectivity index is 1.78. The Morgan fingerprint density at radius 2 is 1.62 bits per heavy atom. The summed E-state index contributed by atoms with van der Waals surface area (Å²) in [5.41, 5.74) is 6.61. The Bertz CT molecular complexity index is 1450. The third-order valence-corrected chi connectivity index (χ3v) is 6.30. The molecule has 4 heteroatoms. The van der Waals surface area contributed by atoms with Crippen LogP contribution in [0.25, 0.3) is 43.8 Å². The van der Waals surface area contributed by atoms with Crippen molar-refractivity contribution in [2.75, 3.05) is 0 Å². The summed E-state index contributed by atoms with van der Waals surface area (Å²) in [5.74, 6) is 0.578. The van der Waals surface area contributed by atoms with E-state index in [2.05, 4.69) is 56.3 Å². The second-order valence-electron chi connectivity index (χ2n) is 8.15.